The molecular formula is C25H22N4O4. The van der Waals surface area contributed by atoms with E-state index in [0.29, 0.717) is 22.5 Å². The van der Waals surface area contributed by atoms with Crippen LogP contribution >= 0.6 is 0 Å². The third kappa shape index (κ3) is 4.31. The van der Waals surface area contributed by atoms with Gasteiger partial charge in [-0.25, -0.2) is 4.79 Å². The fourth-order valence-electron chi connectivity index (χ4n) is 3.68. The summed E-state index contributed by atoms with van der Waals surface area (Å²) in [4.78, 5) is 24.2. The van der Waals surface area contributed by atoms with E-state index in [2.05, 4.69) is 15.6 Å². The number of carbonyl (C=O) groups is 2. The molecule has 33 heavy (non-hydrogen) atoms. The van der Waals surface area contributed by atoms with E-state index in [-0.39, 0.29) is 28.6 Å². The smallest absolute Gasteiger partial charge is 0.335 e. The number of hydrogen-bond donors (Lipinski definition) is 3. The Morgan fingerprint density at radius 1 is 1.00 bits per heavy atom. The number of rotatable bonds is 5. The van der Waals surface area contributed by atoms with Gasteiger partial charge in [0.05, 0.1) is 22.6 Å². The van der Waals surface area contributed by atoms with Gasteiger partial charge in [-0.15, -0.1) is 0 Å². The number of aromatic hydroxyl groups is 1. The van der Waals surface area contributed by atoms with Crippen molar-refractivity contribution in [2.24, 2.45) is 10.2 Å². The molecule has 4 rings (SSSR count). The molecule has 8 nitrogen and oxygen atoms in total. The summed E-state index contributed by atoms with van der Waals surface area (Å²) >= 11 is 0. The highest BCUT2D eigenvalue weighted by atomic mass is 16.4. The second-order valence-corrected chi connectivity index (χ2v) is 7.81. The normalized spacial score (nSPS) is 14.5. The van der Waals surface area contributed by atoms with Gasteiger partial charge in [-0.2, -0.15) is 15.2 Å². The zero-order valence-electron chi connectivity index (χ0n) is 18.3. The summed E-state index contributed by atoms with van der Waals surface area (Å²) in [5.41, 5.74) is 7.37. The van der Waals surface area contributed by atoms with Crippen LogP contribution in [0.1, 0.15) is 28.4 Å². The number of hydrogen-bond acceptors (Lipinski definition) is 6. The number of nitrogens with zero attached hydrogens (tertiary/aromatic N) is 3. The van der Waals surface area contributed by atoms with Gasteiger partial charge >= 0.3 is 11.9 Å². The van der Waals surface area contributed by atoms with Gasteiger partial charge < -0.3 is 10.2 Å². The van der Waals surface area contributed by atoms with Crippen LogP contribution in [0.25, 0.3) is 11.1 Å². The Labute approximate surface area is 190 Å². The first-order valence-corrected chi connectivity index (χ1v) is 10.2. The third-order valence-electron chi connectivity index (χ3n) is 5.18. The Morgan fingerprint density at radius 3 is 2.39 bits per heavy atom. The maximum atomic E-state index is 13.0. The van der Waals surface area contributed by atoms with E-state index in [1.807, 2.05) is 32.0 Å². The molecule has 0 radical (unpaired) electrons. The minimum atomic E-state index is -1.06. The average molecular weight is 442 g/mol. The fourth-order valence-corrected chi connectivity index (χ4v) is 3.68. The first-order chi connectivity index (χ1) is 15.7. The Bertz CT molecular complexity index is 1320. The largest absolute Gasteiger partial charge is 0.505 e. The summed E-state index contributed by atoms with van der Waals surface area (Å²) < 4.78 is 0. The molecule has 1 aliphatic rings. The summed E-state index contributed by atoms with van der Waals surface area (Å²) in [6.07, 6.45) is 0. The molecule has 0 unspecified atom stereocenters. The van der Waals surface area contributed by atoms with Gasteiger partial charge in [-0.3, -0.25) is 10.2 Å². The minimum Gasteiger partial charge on any atom is -0.505 e. The first-order valence-electron chi connectivity index (χ1n) is 10.2. The number of benzene rings is 3. The fraction of sp³-hybridized carbons (Fsp3) is 0.120. The van der Waals surface area contributed by atoms with Crippen LogP contribution in [0.4, 0.5) is 11.4 Å². The van der Waals surface area contributed by atoms with Crippen LogP contribution in [0, 0.1) is 13.8 Å². The number of carbonyl (C=O) groups excluding carboxylic acids is 1. The number of aryl methyl sites for hydroxylation is 2. The quantitative estimate of drug-likeness (QED) is 0.396. The molecule has 0 aromatic heterocycles. The Balaban J connectivity index is 1.62. The predicted molar refractivity (Wildman–Crippen MR) is 128 cm³/mol. The predicted octanol–water partition coefficient (Wildman–Crippen LogP) is 4.56. The van der Waals surface area contributed by atoms with Gasteiger partial charge in [0.1, 0.15) is 5.75 Å². The number of amides is 1. The number of anilines is 2. The maximum Gasteiger partial charge on any atom is 0.335 e. The van der Waals surface area contributed by atoms with Crippen LogP contribution in [0.15, 0.2) is 70.9 Å². The lowest BCUT2D eigenvalue weighted by Gasteiger charge is -2.13. The van der Waals surface area contributed by atoms with Gasteiger partial charge in [0.25, 0.3) is 0 Å². The standard InChI is InChI=1S/C25H22N4O4/c1-14-10-15(2)12-19(11-14)29-24(31)22(16(3)28-29)27-26-21-9-5-8-20(23(21)30)17-6-4-7-18(13-17)25(32)33/h4-13,26,30H,1-3H3,(H,32,33)/b27-22-. The van der Waals surface area contributed by atoms with Gasteiger partial charge in [0.2, 0.25) is 0 Å². The number of para-hydroxylation sites is 1. The first kappa shape index (κ1) is 21.8. The highest BCUT2D eigenvalue weighted by Gasteiger charge is 2.31. The zero-order valence-corrected chi connectivity index (χ0v) is 18.3. The van der Waals surface area contributed by atoms with E-state index in [1.54, 1.807) is 37.3 Å². The average Bonchev–Trinajstić information content (AvgIpc) is 3.06. The number of carboxylic acids is 1. The molecule has 0 aliphatic carbocycles. The number of nitrogens with one attached hydrogen (secondary N) is 1. The molecule has 0 fully saturated rings. The molecule has 0 spiro atoms. The second kappa shape index (κ2) is 8.58. The number of phenols is 1. The number of phenolic OH excluding ortho intramolecular Hbond substituents is 1. The van der Waals surface area contributed by atoms with Crippen molar-refractivity contribution in [1.82, 2.24) is 0 Å². The number of carboxylic acid groups (broad SMARTS) is 1. The molecule has 1 amide bonds. The molecule has 0 saturated carbocycles. The highest BCUT2D eigenvalue weighted by molar-refractivity contribution is 6.71. The van der Waals surface area contributed by atoms with Gasteiger partial charge in [0.15, 0.2) is 5.71 Å². The SMILES string of the molecule is CC1=NN(c2cc(C)cc(C)c2)C(=O)/C1=N\Nc1cccc(-c2cccc(C(=O)O)c2)c1O. The van der Waals surface area contributed by atoms with Crippen molar-refractivity contribution in [3.05, 3.63) is 77.4 Å². The molecule has 8 heteroatoms. The maximum absolute atomic E-state index is 13.0. The van der Waals surface area contributed by atoms with Crippen LogP contribution in [0.3, 0.4) is 0 Å². The van der Waals surface area contributed by atoms with Crippen molar-refractivity contribution in [3.8, 4) is 16.9 Å². The van der Waals surface area contributed by atoms with Crippen molar-refractivity contribution in [1.29, 1.82) is 0 Å². The molecule has 0 bridgehead atoms. The molecular weight excluding hydrogens is 420 g/mol. The van der Waals surface area contributed by atoms with Crippen molar-refractivity contribution in [3.63, 3.8) is 0 Å². The van der Waals surface area contributed by atoms with E-state index in [4.69, 9.17) is 0 Å². The van der Waals surface area contributed by atoms with Gasteiger partial charge in [-0.05, 0) is 67.8 Å². The van der Waals surface area contributed by atoms with Crippen LogP contribution in [0.2, 0.25) is 0 Å². The van der Waals surface area contributed by atoms with Crippen molar-refractivity contribution >= 4 is 34.7 Å². The van der Waals surface area contributed by atoms with Crippen molar-refractivity contribution in [2.45, 2.75) is 20.8 Å². The molecule has 1 heterocycles. The summed E-state index contributed by atoms with van der Waals surface area (Å²) in [6.45, 7) is 5.59. The monoisotopic (exact) mass is 442 g/mol. The Morgan fingerprint density at radius 2 is 1.70 bits per heavy atom. The summed E-state index contributed by atoms with van der Waals surface area (Å²) in [7, 11) is 0. The van der Waals surface area contributed by atoms with Crippen LogP contribution in [0.5, 0.6) is 5.75 Å². The summed E-state index contributed by atoms with van der Waals surface area (Å²) in [5, 5.41) is 29.9. The van der Waals surface area contributed by atoms with Gasteiger partial charge in [0, 0.05) is 5.56 Å². The lowest BCUT2D eigenvalue weighted by molar-refractivity contribution is -0.112. The lowest BCUT2D eigenvalue weighted by atomic mass is 10.0. The minimum absolute atomic E-state index is 0.111. The van der Waals surface area contributed by atoms with E-state index < -0.39 is 5.97 Å². The van der Waals surface area contributed by atoms with Crippen LogP contribution in [-0.2, 0) is 4.79 Å². The molecule has 3 aromatic rings. The number of aromatic carboxylic acids is 1. The highest BCUT2D eigenvalue weighted by Crippen LogP contribution is 2.36. The lowest BCUT2D eigenvalue weighted by Crippen LogP contribution is -2.28. The molecule has 3 N–H and O–H groups in total. The Kier molecular flexibility index (Phi) is 5.66. The number of hydrazone groups is 2. The van der Waals surface area contributed by atoms with E-state index in [9.17, 15) is 19.8 Å². The van der Waals surface area contributed by atoms with Gasteiger partial charge in [-0.1, -0.05) is 30.3 Å². The van der Waals surface area contributed by atoms with Crippen molar-refractivity contribution < 1.29 is 19.8 Å². The van der Waals surface area contributed by atoms with E-state index in [1.165, 1.54) is 17.1 Å². The van der Waals surface area contributed by atoms with E-state index >= 15 is 0 Å². The third-order valence-corrected chi connectivity index (χ3v) is 5.18. The zero-order chi connectivity index (χ0) is 23.7. The van der Waals surface area contributed by atoms with Crippen LogP contribution < -0.4 is 10.4 Å². The molecule has 1 aliphatic heterocycles. The second-order valence-electron chi connectivity index (χ2n) is 7.81. The van der Waals surface area contributed by atoms with E-state index in [0.717, 1.165) is 11.1 Å². The molecule has 166 valence electrons. The topological polar surface area (TPSA) is 115 Å². The molecule has 0 saturated heterocycles. The molecule has 3 aromatic carbocycles. The van der Waals surface area contributed by atoms with Crippen LogP contribution in [-0.4, -0.2) is 33.5 Å². The summed E-state index contributed by atoms with van der Waals surface area (Å²) in [5.74, 6) is -1.55. The summed E-state index contributed by atoms with van der Waals surface area (Å²) in [6, 6.07) is 17.0. The van der Waals surface area contributed by atoms with Crippen molar-refractivity contribution in [2.75, 3.05) is 10.4 Å². The Hall–Kier alpha value is -4.46. The molecule has 0 atom stereocenters.